The van der Waals surface area contributed by atoms with Crippen molar-refractivity contribution in [2.24, 2.45) is 0 Å². The van der Waals surface area contributed by atoms with Crippen molar-refractivity contribution in [1.82, 2.24) is 24.2 Å². The van der Waals surface area contributed by atoms with E-state index >= 15 is 0 Å². The average molecular weight is 914 g/mol. The number of imidazole rings is 1. The molecule has 0 aliphatic carbocycles. The van der Waals surface area contributed by atoms with E-state index in [9.17, 15) is 14.9 Å². The SMILES string of the molecule is COCCOC1C(OP(CC(=O)OC(C)(C)CC#N)N(C(C)C)C(C)C)[C@@H](COC(c2ccccc2)(c2ccc(OC)cc2)c2ccc(OC)cc2)O[C@H]1n1cnc2c(=O)[nH]c(N)nc21. The van der Waals surface area contributed by atoms with Gasteiger partial charge in [0.05, 0.1) is 52.9 Å². The maximum absolute atomic E-state index is 13.9. The summed E-state index contributed by atoms with van der Waals surface area (Å²) in [7, 11) is 3.00. The molecule has 1 aliphatic rings. The summed E-state index contributed by atoms with van der Waals surface area (Å²) in [5.74, 6) is 0.703. The van der Waals surface area contributed by atoms with E-state index in [1.807, 2.05) is 107 Å². The Morgan fingerprint density at radius 2 is 1.52 bits per heavy atom. The summed E-state index contributed by atoms with van der Waals surface area (Å²) in [5, 5.41) is 9.47. The molecule has 3 unspecified atom stereocenters. The predicted octanol–water partition coefficient (Wildman–Crippen LogP) is 6.71. The number of fused-ring (bicyclic) bond motifs is 1. The van der Waals surface area contributed by atoms with Gasteiger partial charge in [0, 0.05) is 19.2 Å². The van der Waals surface area contributed by atoms with Crippen molar-refractivity contribution >= 4 is 31.4 Å². The molecule has 5 atom stereocenters. The molecule has 1 aliphatic heterocycles. The van der Waals surface area contributed by atoms with E-state index in [0.29, 0.717) is 11.5 Å². The van der Waals surface area contributed by atoms with Crippen LogP contribution in [0, 0.1) is 11.3 Å². The number of nitriles is 1. The number of nitrogens with two attached hydrogens (primary N) is 1. The fourth-order valence-electron chi connectivity index (χ4n) is 8.15. The highest BCUT2D eigenvalue weighted by Gasteiger charge is 2.52. The van der Waals surface area contributed by atoms with E-state index in [0.717, 1.165) is 16.7 Å². The van der Waals surface area contributed by atoms with Gasteiger partial charge in [0.2, 0.25) is 5.95 Å². The van der Waals surface area contributed by atoms with Crippen LogP contribution in [0.2, 0.25) is 0 Å². The normalized spacial score (nSPS) is 18.3. The molecule has 18 heteroatoms. The van der Waals surface area contributed by atoms with Crippen molar-refractivity contribution in [3.8, 4) is 17.6 Å². The van der Waals surface area contributed by atoms with Gasteiger partial charge < -0.3 is 43.4 Å². The number of carbonyl (C=O) groups excluding carboxylic acids is 1. The van der Waals surface area contributed by atoms with Gasteiger partial charge in [-0.2, -0.15) is 10.2 Å². The zero-order valence-electron chi connectivity index (χ0n) is 38.4. The molecule has 0 bridgehead atoms. The number of hydrogen-bond donors (Lipinski definition) is 2. The van der Waals surface area contributed by atoms with Crippen LogP contribution < -0.4 is 20.8 Å². The summed E-state index contributed by atoms with van der Waals surface area (Å²) in [5.41, 5.74) is 5.92. The van der Waals surface area contributed by atoms with Crippen molar-refractivity contribution in [1.29, 1.82) is 5.26 Å². The number of H-pyrrole nitrogens is 1. The fourth-order valence-corrected chi connectivity index (χ4v) is 10.4. The predicted molar refractivity (Wildman–Crippen MR) is 246 cm³/mol. The summed E-state index contributed by atoms with van der Waals surface area (Å²) in [6, 6.07) is 27.2. The van der Waals surface area contributed by atoms with Crippen LogP contribution in [-0.4, -0.2) is 113 Å². The Morgan fingerprint density at radius 3 is 2.08 bits per heavy atom. The minimum atomic E-state index is -1.80. The van der Waals surface area contributed by atoms with Gasteiger partial charge in [-0.05, 0) is 82.5 Å². The van der Waals surface area contributed by atoms with Crippen LogP contribution in [-0.2, 0) is 38.6 Å². The maximum Gasteiger partial charge on any atom is 0.314 e. The van der Waals surface area contributed by atoms with E-state index in [4.69, 9.17) is 43.4 Å². The number of esters is 1. The quantitative estimate of drug-likeness (QED) is 0.0320. The first-order valence-corrected chi connectivity index (χ1v) is 22.8. The van der Waals surface area contributed by atoms with E-state index in [1.165, 1.54) is 6.33 Å². The van der Waals surface area contributed by atoms with Gasteiger partial charge in [-0.25, -0.2) is 4.98 Å². The van der Waals surface area contributed by atoms with Gasteiger partial charge in [0.25, 0.3) is 5.56 Å². The Labute approximate surface area is 380 Å². The second kappa shape index (κ2) is 21.7. The molecule has 3 heterocycles. The fraction of sp³-hybridized carbons (Fsp3) is 0.468. The molecular formula is C47H60N7O10P. The number of nitrogen functional groups attached to an aromatic ring is 1. The zero-order chi connectivity index (χ0) is 46.9. The van der Waals surface area contributed by atoms with Crippen molar-refractivity contribution in [3.05, 3.63) is 112 Å². The van der Waals surface area contributed by atoms with Gasteiger partial charge in [-0.1, -0.05) is 54.6 Å². The molecule has 1 saturated heterocycles. The second-order valence-electron chi connectivity index (χ2n) is 16.7. The van der Waals surface area contributed by atoms with Gasteiger partial charge in [0.15, 0.2) is 17.4 Å². The number of aromatic amines is 1. The highest BCUT2D eigenvalue weighted by molar-refractivity contribution is 7.51. The molecule has 0 amide bonds. The number of ether oxygens (including phenoxy) is 7. The third-order valence-electron chi connectivity index (χ3n) is 11.0. The summed E-state index contributed by atoms with van der Waals surface area (Å²) in [4.78, 5) is 38.4. The summed E-state index contributed by atoms with van der Waals surface area (Å²) in [6.45, 7) is 11.8. The number of benzene rings is 3. The number of rotatable bonds is 22. The molecule has 0 saturated carbocycles. The Hall–Kier alpha value is -5.44. The number of nitrogens with zero attached hydrogens (tertiary/aromatic N) is 5. The van der Waals surface area contributed by atoms with Crippen molar-refractivity contribution in [2.45, 2.75) is 95.8 Å². The molecular weight excluding hydrogens is 854 g/mol. The van der Waals surface area contributed by atoms with Gasteiger partial charge in [0.1, 0.15) is 55.5 Å². The number of anilines is 1. The number of nitrogens with one attached hydrogen (secondary N) is 1. The molecule has 0 radical (unpaired) electrons. The van der Waals surface area contributed by atoms with Crippen LogP contribution in [0.1, 0.15) is 70.9 Å². The second-order valence-corrected chi connectivity index (χ2v) is 18.4. The van der Waals surface area contributed by atoms with Crippen LogP contribution in [0.15, 0.2) is 90.0 Å². The molecule has 1 fully saturated rings. The van der Waals surface area contributed by atoms with E-state index in [1.54, 1.807) is 39.7 Å². The van der Waals surface area contributed by atoms with Crippen LogP contribution in [0.5, 0.6) is 11.5 Å². The molecule has 3 aromatic carbocycles. The third-order valence-corrected chi connectivity index (χ3v) is 13.4. The van der Waals surface area contributed by atoms with Gasteiger partial charge >= 0.3 is 5.97 Å². The molecule has 348 valence electrons. The number of aromatic nitrogens is 4. The van der Waals surface area contributed by atoms with Crippen molar-refractivity contribution in [2.75, 3.05) is 53.0 Å². The Bertz CT molecular complexity index is 2370. The van der Waals surface area contributed by atoms with Crippen LogP contribution in [0.3, 0.4) is 0 Å². The first kappa shape index (κ1) is 49.0. The standard InChI is InChI=1S/C47H60N7O10P/c1-30(2)54(31(3)4)65(28-38(55)63-46(5,6)23-24-48)64-40-37(62-44(41(40)60-26-25-57-7)53-29-50-39-42(53)51-45(49)52-43(39)56)27-61-47(32-13-11-10-12-14-32,33-15-19-35(58-8)20-16-33)34-17-21-36(59-9)22-18-34/h10-22,29-31,37,40-41,44H,23,25-28H2,1-9H3,(H3,49,51,52,56)/t37-,40?,41?,44-,65?/m1/s1. The van der Waals surface area contributed by atoms with Crippen molar-refractivity contribution < 1.29 is 42.5 Å². The average Bonchev–Trinajstić information content (AvgIpc) is 3.85. The smallest absolute Gasteiger partial charge is 0.314 e. The highest BCUT2D eigenvalue weighted by Crippen LogP contribution is 2.51. The number of methoxy groups -OCH3 is 3. The van der Waals surface area contributed by atoms with Crippen LogP contribution in [0.25, 0.3) is 11.2 Å². The minimum absolute atomic E-state index is 0.00831. The molecule has 17 nitrogen and oxygen atoms in total. The lowest BCUT2D eigenvalue weighted by atomic mass is 9.80. The summed E-state index contributed by atoms with van der Waals surface area (Å²) < 4.78 is 54.7. The van der Waals surface area contributed by atoms with Gasteiger partial charge in [-0.15, -0.1) is 0 Å². The largest absolute Gasteiger partial charge is 0.497 e. The first-order valence-electron chi connectivity index (χ1n) is 21.4. The zero-order valence-corrected chi connectivity index (χ0v) is 39.3. The van der Waals surface area contributed by atoms with Gasteiger partial charge in [-0.3, -0.25) is 23.8 Å². The highest BCUT2D eigenvalue weighted by atomic mass is 31.2. The third kappa shape index (κ3) is 11.2. The number of hydrogen-bond acceptors (Lipinski definition) is 15. The number of carbonyl (C=O) groups is 1. The summed E-state index contributed by atoms with van der Waals surface area (Å²) in [6.07, 6.45) is -2.41. The molecule has 65 heavy (non-hydrogen) atoms. The Morgan fingerprint density at radius 1 is 0.923 bits per heavy atom. The maximum atomic E-state index is 13.9. The van der Waals surface area contributed by atoms with Crippen LogP contribution in [0.4, 0.5) is 5.95 Å². The molecule has 2 aromatic heterocycles. The van der Waals surface area contributed by atoms with E-state index < -0.39 is 55.6 Å². The first-order chi connectivity index (χ1) is 31.2. The Kier molecular flexibility index (Phi) is 16.4. The molecule has 6 rings (SSSR count). The molecule has 0 spiro atoms. The van der Waals surface area contributed by atoms with Crippen LogP contribution >= 0.6 is 8.30 Å². The van der Waals surface area contributed by atoms with E-state index in [-0.39, 0.29) is 61.6 Å². The summed E-state index contributed by atoms with van der Waals surface area (Å²) >= 11 is 0. The molecule has 5 aromatic rings. The molecule has 3 N–H and O–H groups in total. The van der Waals surface area contributed by atoms with Crippen molar-refractivity contribution in [3.63, 3.8) is 0 Å². The Balaban J connectivity index is 1.53. The lowest BCUT2D eigenvalue weighted by Gasteiger charge is -2.40. The minimum Gasteiger partial charge on any atom is -0.497 e. The lowest BCUT2D eigenvalue weighted by molar-refractivity contribution is -0.152. The lowest BCUT2D eigenvalue weighted by Crippen LogP contribution is -2.43. The van der Waals surface area contributed by atoms with E-state index in [2.05, 4.69) is 25.7 Å². The monoisotopic (exact) mass is 913 g/mol. The topological polar surface area (TPSA) is 208 Å².